The zero-order chi connectivity index (χ0) is 13.1. The van der Waals surface area contributed by atoms with Crippen LogP contribution in [0.4, 0.5) is 5.13 Å². The number of anilines is 1. The van der Waals surface area contributed by atoms with Gasteiger partial charge in [0.15, 0.2) is 11.4 Å². The fourth-order valence-corrected chi connectivity index (χ4v) is 3.50. The predicted octanol–water partition coefficient (Wildman–Crippen LogP) is 2.73. The van der Waals surface area contributed by atoms with Crippen molar-refractivity contribution in [2.24, 2.45) is 5.92 Å². The van der Waals surface area contributed by atoms with E-state index >= 15 is 0 Å². The van der Waals surface area contributed by atoms with Gasteiger partial charge in [0.05, 0.1) is 17.2 Å². The maximum atomic E-state index is 11.0. The van der Waals surface area contributed by atoms with Crippen LogP contribution in [0.15, 0.2) is 0 Å². The van der Waals surface area contributed by atoms with Crippen molar-refractivity contribution < 1.29 is 9.53 Å². The number of thiazole rings is 1. The third-order valence-electron chi connectivity index (χ3n) is 3.42. The van der Waals surface area contributed by atoms with Gasteiger partial charge in [0.25, 0.3) is 0 Å². The van der Waals surface area contributed by atoms with E-state index in [2.05, 4.69) is 23.7 Å². The zero-order valence-corrected chi connectivity index (χ0v) is 12.0. The lowest BCUT2D eigenvalue weighted by molar-refractivity contribution is 0.112. The Bertz CT molecular complexity index is 417. The van der Waals surface area contributed by atoms with Crippen LogP contribution in [0.25, 0.3) is 0 Å². The molecule has 5 heteroatoms. The van der Waals surface area contributed by atoms with E-state index in [1.54, 1.807) is 7.11 Å². The van der Waals surface area contributed by atoms with Crippen LogP contribution >= 0.6 is 11.3 Å². The molecule has 0 radical (unpaired) electrons. The maximum absolute atomic E-state index is 11.0. The minimum Gasteiger partial charge on any atom is -0.378 e. The topological polar surface area (TPSA) is 42.4 Å². The number of hydrogen-bond acceptors (Lipinski definition) is 5. The van der Waals surface area contributed by atoms with E-state index in [0.29, 0.717) is 23.4 Å². The predicted molar refractivity (Wildman–Crippen MR) is 73.4 cm³/mol. The Labute approximate surface area is 112 Å². The molecule has 4 nitrogen and oxygen atoms in total. The Morgan fingerprint density at radius 2 is 2.39 bits per heavy atom. The summed E-state index contributed by atoms with van der Waals surface area (Å²) >= 11 is 1.48. The van der Waals surface area contributed by atoms with Crippen molar-refractivity contribution in [1.82, 2.24) is 4.98 Å². The first-order chi connectivity index (χ1) is 8.67. The lowest BCUT2D eigenvalue weighted by atomic mass is 10.0. The van der Waals surface area contributed by atoms with Crippen molar-refractivity contribution >= 4 is 22.8 Å². The van der Waals surface area contributed by atoms with Gasteiger partial charge in [0.1, 0.15) is 0 Å². The Balaban J connectivity index is 2.24. The SMILES string of the molecule is COCc1nc(N2CCCC2C(C)C)sc1C=O. The van der Waals surface area contributed by atoms with E-state index in [4.69, 9.17) is 4.74 Å². The van der Waals surface area contributed by atoms with Gasteiger partial charge in [0, 0.05) is 19.7 Å². The van der Waals surface area contributed by atoms with Crippen LogP contribution in [0.5, 0.6) is 0 Å². The van der Waals surface area contributed by atoms with Crippen LogP contribution in [0.2, 0.25) is 0 Å². The highest BCUT2D eigenvalue weighted by atomic mass is 32.1. The minimum atomic E-state index is 0.407. The Hall–Kier alpha value is -0.940. The molecular weight excluding hydrogens is 248 g/mol. The molecule has 1 aromatic rings. The number of carbonyl (C=O) groups excluding carboxylic acids is 1. The van der Waals surface area contributed by atoms with Crippen molar-refractivity contribution in [2.45, 2.75) is 39.3 Å². The summed E-state index contributed by atoms with van der Waals surface area (Å²) in [6.45, 7) is 5.94. The van der Waals surface area contributed by atoms with E-state index in [9.17, 15) is 4.79 Å². The van der Waals surface area contributed by atoms with Crippen LogP contribution in [-0.2, 0) is 11.3 Å². The van der Waals surface area contributed by atoms with Gasteiger partial charge in [-0.15, -0.1) is 0 Å². The van der Waals surface area contributed by atoms with Crippen molar-refractivity contribution in [3.63, 3.8) is 0 Å². The number of ether oxygens (including phenoxy) is 1. The molecule has 2 rings (SSSR count). The summed E-state index contributed by atoms with van der Waals surface area (Å²) in [4.78, 5) is 18.7. The molecule has 1 unspecified atom stereocenters. The van der Waals surface area contributed by atoms with E-state index < -0.39 is 0 Å². The molecule has 0 amide bonds. The highest BCUT2D eigenvalue weighted by molar-refractivity contribution is 7.17. The van der Waals surface area contributed by atoms with E-state index in [-0.39, 0.29) is 0 Å². The average molecular weight is 268 g/mol. The molecule has 1 saturated heterocycles. The van der Waals surface area contributed by atoms with Gasteiger partial charge in [-0.2, -0.15) is 0 Å². The summed E-state index contributed by atoms with van der Waals surface area (Å²) in [5.41, 5.74) is 0.766. The normalized spacial score (nSPS) is 19.8. The zero-order valence-electron chi connectivity index (χ0n) is 11.2. The van der Waals surface area contributed by atoms with E-state index in [0.717, 1.165) is 23.7 Å². The molecule has 2 heterocycles. The Morgan fingerprint density at radius 1 is 1.61 bits per heavy atom. The van der Waals surface area contributed by atoms with Crippen molar-refractivity contribution in [2.75, 3.05) is 18.6 Å². The van der Waals surface area contributed by atoms with Gasteiger partial charge in [-0.05, 0) is 18.8 Å². The van der Waals surface area contributed by atoms with Gasteiger partial charge < -0.3 is 9.64 Å². The summed E-state index contributed by atoms with van der Waals surface area (Å²) in [6, 6.07) is 0.547. The van der Waals surface area contributed by atoms with Gasteiger partial charge >= 0.3 is 0 Å². The molecule has 0 spiro atoms. The molecule has 0 N–H and O–H groups in total. The second-order valence-electron chi connectivity index (χ2n) is 5.01. The van der Waals surface area contributed by atoms with Crippen LogP contribution in [0, 0.1) is 5.92 Å². The maximum Gasteiger partial charge on any atom is 0.186 e. The van der Waals surface area contributed by atoms with Gasteiger partial charge in [-0.25, -0.2) is 4.98 Å². The van der Waals surface area contributed by atoms with E-state index in [1.807, 2.05) is 0 Å². The second-order valence-corrected chi connectivity index (χ2v) is 6.01. The molecule has 1 aliphatic heterocycles. The molecule has 1 fully saturated rings. The average Bonchev–Trinajstić information content (AvgIpc) is 2.94. The lowest BCUT2D eigenvalue weighted by Gasteiger charge is -2.27. The Morgan fingerprint density at radius 3 is 3.00 bits per heavy atom. The smallest absolute Gasteiger partial charge is 0.186 e. The van der Waals surface area contributed by atoms with Gasteiger partial charge in [-0.3, -0.25) is 4.79 Å². The minimum absolute atomic E-state index is 0.407. The van der Waals surface area contributed by atoms with Crippen molar-refractivity contribution in [3.05, 3.63) is 10.6 Å². The fourth-order valence-electron chi connectivity index (χ4n) is 2.53. The second kappa shape index (κ2) is 5.80. The highest BCUT2D eigenvalue weighted by Crippen LogP contribution is 2.33. The third kappa shape index (κ3) is 2.57. The molecule has 18 heavy (non-hydrogen) atoms. The number of carbonyl (C=O) groups is 1. The number of aldehydes is 1. The molecule has 0 saturated carbocycles. The summed E-state index contributed by atoms with van der Waals surface area (Å²) in [6.07, 6.45) is 3.31. The molecular formula is C13H20N2O2S. The van der Waals surface area contributed by atoms with E-state index in [1.165, 1.54) is 24.2 Å². The molecule has 100 valence electrons. The molecule has 0 aromatic carbocycles. The van der Waals surface area contributed by atoms with Crippen molar-refractivity contribution in [1.29, 1.82) is 0 Å². The highest BCUT2D eigenvalue weighted by Gasteiger charge is 2.29. The molecule has 1 atom stereocenters. The summed E-state index contributed by atoms with van der Waals surface area (Å²) in [7, 11) is 1.63. The monoisotopic (exact) mass is 268 g/mol. The molecule has 1 aromatic heterocycles. The molecule has 0 aliphatic carbocycles. The fraction of sp³-hybridized carbons (Fsp3) is 0.692. The van der Waals surface area contributed by atoms with Crippen molar-refractivity contribution in [3.8, 4) is 0 Å². The molecule has 1 aliphatic rings. The van der Waals surface area contributed by atoms with Crippen LogP contribution < -0.4 is 4.90 Å². The van der Waals surface area contributed by atoms with Gasteiger partial charge in [-0.1, -0.05) is 25.2 Å². The Kier molecular flexibility index (Phi) is 4.35. The quantitative estimate of drug-likeness (QED) is 0.770. The number of methoxy groups -OCH3 is 1. The van der Waals surface area contributed by atoms with Crippen LogP contribution in [0.1, 0.15) is 42.1 Å². The summed E-state index contributed by atoms with van der Waals surface area (Å²) in [5, 5.41) is 0.973. The number of aromatic nitrogens is 1. The number of rotatable bonds is 5. The first kappa shape index (κ1) is 13.5. The summed E-state index contributed by atoms with van der Waals surface area (Å²) in [5.74, 6) is 0.613. The van der Waals surface area contributed by atoms with Gasteiger partial charge in [0.2, 0.25) is 0 Å². The first-order valence-electron chi connectivity index (χ1n) is 6.37. The van der Waals surface area contributed by atoms with Crippen LogP contribution in [-0.4, -0.2) is 31.0 Å². The largest absolute Gasteiger partial charge is 0.378 e. The standard InChI is InChI=1S/C13H20N2O2S/c1-9(2)11-5-4-6-15(11)13-14-10(8-17-3)12(7-16)18-13/h7,9,11H,4-6,8H2,1-3H3. The third-order valence-corrected chi connectivity index (χ3v) is 4.48. The number of hydrogen-bond donors (Lipinski definition) is 0. The molecule has 0 bridgehead atoms. The number of nitrogens with zero attached hydrogens (tertiary/aromatic N) is 2. The lowest BCUT2D eigenvalue weighted by Crippen LogP contribution is -2.33. The summed E-state index contributed by atoms with van der Waals surface area (Å²) < 4.78 is 5.09. The van der Waals surface area contributed by atoms with Crippen LogP contribution in [0.3, 0.4) is 0 Å². The first-order valence-corrected chi connectivity index (χ1v) is 7.19.